The largest absolute Gasteiger partial charge is 0.353 e. The van der Waals surface area contributed by atoms with Gasteiger partial charge in [0.1, 0.15) is 0 Å². The maximum Gasteiger partial charge on any atom is 0.237 e. The predicted octanol–water partition coefficient (Wildman–Crippen LogP) is 1.47. The topological polar surface area (TPSA) is 41.1 Å². The number of nitrogens with one attached hydrogen (secondary N) is 2. The lowest BCUT2D eigenvalue weighted by molar-refractivity contribution is -0.124. The summed E-state index contributed by atoms with van der Waals surface area (Å²) in [4.78, 5) is 11.7. The van der Waals surface area contributed by atoms with E-state index >= 15 is 0 Å². The minimum Gasteiger partial charge on any atom is -0.353 e. The number of amides is 1. The lowest BCUT2D eigenvalue weighted by Crippen LogP contribution is -2.53. The van der Waals surface area contributed by atoms with Gasteiger partial charge in [0.15, 0.2) is 0 Å². The average molecular weight is 240 g/mol. The van der Waals surface area contributed by atoms with Crippen LogP contribution in [-0.2, 0) is 11.2 Å². The summed E-state index contributed by atoms with van der Waals surface area (Å²) in [6, 6.07) is 14.6. The molecule has 3 nitrogen and oxygen atoms in total. The van der Waals surface area contributed by atoms with Crippen molar-refractivity contribution in [2.75, 3.05) is 13.1 Å². The number of piperazine rings is 1. The lowest BCUT2D eigenvalue weighted by atomic mass is 10.0. The Hall–Kier alpha value is -1.87. The molecule has 1 saturated heterocycles. The Morgan fingerprint density at radius 3 is 2.72 bits per heavy atom. The van der Waals surface area contributed by atoms with E-state index in [9.17, 15) is 4.79 Å². The number of hydrogen-bond donors (Lipinski definition) is 2. The van der Waals surface area contributed by atoms with Crippen molar-refractivity contribution < 1.29 is 4.79 Å². The fraction of sp³-hybridized carbons (Fsp3) is 0.267. The molecular formula is C15H16N2O. The van der Waals surface area contributed by atoms with E-state index in [4.69, 9.17) is 0 Å². The highest BCUT2D eigenvalue weighted by Gasteiger charge is 2.21. The summed E-state index contributed by atoms with van der Waals surface area (Å²) in [6.45, 7) is 1.58. The first kappa shape index (κ1) is 11.2. The van der Waals surface area contributed by atoms with Crippen LogP contribution in [0.15, 0.2) is 42.5 Å². The highest BCUT2D eigenvalue weighted by Crippen LogP contribution is 2.16. The molecule has 2 N–H and O–H groups in total. The third-order valence-corrected chi connectivity index (χ3v) is 3.39. The minimum absolute atomic E-state index is 0.0973. The molecule has 0 spiro atoms. The molecule has 3 heteroatoms. The van der Waals surface area contributed by atoms with Crippen LogP contribution in [0.3, 0.4) is 0 Å². The number of fused-ring (bicyclic) bond motifs is 1. The van der Waals surface area contributed by atoms with Crippen LogP contribution in [-0.4, -0.2) is 25.0 Å². The van der Waals surface area contributed by atoms with Crippen molar-refractivity contribution in [1.29, 1.82) is 0 Å². The van der Waals surface area contributed by atoms with Gasteiger partial charge in [0.05, 0.1) is 6.04 Å². The van der Waals surface area contributed by atoms with Gasteiger partial charge in [0, 0.05) is 13.1 Å². The van der Waals surface area contributed by atoms with Gasteiger partial charge >= 0.3 is 0 Å². The zero-order valence-electron chi connectivity index (χ0n) is 10.1. The quantitative estimate of drug-likeness (QED) is 0.834. The van der Waals surface area contributed by atoms with Gasteiger partial charge in [-0.25, -0.2) is 0 Å². The summed E-state index contributed by atoms with van der Waals surface area (Å²) in [5, 5.41) is 8.61. The van der Waals surface area contributed by atoms with Gasteiger partial charge in [0.2, 0.25) is 5.91 Å². The Bertz CT molecular complexity index is 579. The molecule has 0 aromatic heterocycles. The molecule has 0 saturated carbocycles. The van der Waals surface area contributed by atoms with Gasteiger partial charge < -0.3 is 10.6 Å². The summed E-state index contributed by atoms with van der Waals surface area (Å²) >= 11 is 0. The van der Waals surface area contributed by atoms with Crippen LogP contribution in [0.1, 0.15) is 5.56 Å². The summed E-state index contributed by atoms with van der Waals surface area (Å²) in [7, 11) is 0. The highest BCUT2D eigenvalue weighted by atomic mass is 16.2. The van der Waals surface area contributed by atoms with Crippen LogP contribution >= 0.6 is 0 Å². The maximum absolute atomic E-state index is 11.7. The van der Waals surface area contributed by atoms with Gasteiger partial charge in [-0.15, -0.1) is 0 Å². The van der Waals surface area contributed by atoms with Crippen molar-refractivity contribution in [3.8, 4) is 0 Å². The third-order valence-electron chi connectivity index (χ3n) is 3.39. The van der Waals surface area contributed by atoms with Crippen molar-refractivity contribution in [1.82, 2.24) is 10.6 Å². The molecule has 1 fully saturated rings. The predicted molar refractivity (Wildman–Crippen MR) is 72.5 cm³/mol. The van der Waals surface area contributed by atoms with Crippen LogP contribution in [0.5, 0.6) is 0 Å². The standard InChI is InChI=1S/C15H16N2O/c18-15-14(16-7-8-17-15)10-11-5-6-12-3-1-2-4-13(12)9-11/h1-6,9,14,16H,7-8,10H2,(H,17,18). The molecule has 1 unspecified atom stereocenters. The molecule has 0 aliphatic carbocycles. The van der Waals surface area contributed by atoms with E-state index in [-0.39, 0.29) is 11.9 Å². The summed E-state index contributed by atoms with van der Waals surface area (Å²) in [6.07, 6.45) is 0.747. The van der Waals surface area contributed by atoms with E-state index in [1.807, 2.05) is 12.1 Å². The van der Waals surface area contributed by atoms with Crippen LogP contribution in [0.25, 0.3) is 10.8 Å². The van der Waals surface area contributed by atoms with E-state index in [1.54, 1.807) is 0 Å². The molecule has 1 atom stereocenters. The molecule has 3 rings (SSSR count). The first-order chi connectivity index (χ1) is 8.83. The average Bonchev–Trinajstić information content (AvgIpc) is 2.41. The van der Waals surface area contributed by atoms with Crippen molar-refractivity contribution in [2.45, 2.75) is 12.5 Å². The number of hydrogen-bond acceptors (Lipinski definition) is 2. The summed E-state index contributed by atoms with van der Waals surface area (Å²) in [5.74, 6) is 0.106. The van der Waals surface area contributed by atoms with Crippen molar-refractivity contribution in [3.63, 3.8) is 0 Å². The Labute approximate surface area is 106 Å². The van der Waals surface area contributed by atoms with Gasteiger partial charge in [-0.05, 0) is 22.8 Å². The molecule has 2 aromatic rings. The smallest absolute Gasteiger partial charge is 0.237 e. The Morgan fingerprint density at radius 1 is 1.06 bits per heavy atom. The minimum atomic E-state index is -0.0973. The van der Waals surface area contributed by atoms with Crippen LogP contribution in [0.4, 0.5) is 0 Å². The molecule has 1 aliphatic rings. The van der Waals surface area contributed by atoms with Gasteiger partial charge in [-0.1, -0.05) is 42.5 Å². The van der Waals surface area contributed by atoms with Gasteiger partial charge in [-0.3, -0.25) is 4.79 Å². The second-order valence-corrected chi connectivity index (χ2v) is 4.68. The fourth-order valence-corrected chi connectivity index (χ4v) is 2.41. The monoisotopic (exact) mass is 240 g/mol. The molecule has 1 aliphatic heterocycles. The molecule has 0 radical (unpaired) electrons. The van der Waals surface area contributed by atoms with Crippen molar-refractivity contribution in [3.05, 3.63) is 48.0 Å². The van der Waals surface area contributed by atoms with Crippen LogP contribution < -0.4 is 10.6 Å². The number of benzene rings is 2. The Balaban J connectivity index is 1.83. The summed E-state index contributed by atoms with van der Waals surface area (Å²) in [5.41, 5.74) is 1.20. The van der Waals surface area contributed by atoms with E-state index in [1.165, 1.54) is 16.3 Å². The fourth-order valence-electron chi connectivity index (χ4n) is 2.41. The first-order valence-corrected chi connectivity index (χ1v) is 6.32. The first-order valence-electron chi connectivity index (χ1n) is 6.32. The number of carbonyl (C=O) groups excluding carboxylic acids is 1. The van der Waals surface area contributed by atoms with Gasteiger partial charge in [-0.2, -0.15) is 0 Å². The lowest BCUT2D eigenvalue weighted by Gasteiger charge is -2.23. The normalized spacial score (nSPS) is 19.8. The number of rotatable bonds is 2. The van der Waals surface area contributed by atoms with E-state index < -0.39 is 0 Å². The second kappa shape index (κ2) is 4.78. The Morgan fingerprint density at radius 2 is 1.89 bits per heavy atom. The van der Waals surface area contributed by atoms with Crippen molar-refractivity contribution in [2.24, 2.45) is 0 Å². The molecule has 18 heavy (non-hydrogen) atoms. The molecule has 1 amide bonds. The van der Waals surface area contributed by atoms with Gasteiger partial charge in [0.25, 0.3) is 0 Å². The molecule has 1 heterocycles. The van der Waals surface area contributed by atoms with E-state index in [0.29, 0.717) is 0 Å². The molecule has 0 bridgehead atoms. The van der Waals surface area contributed by atoms with Crippen LogP contribution in [0, 0.1) is 0 Å². The molecular weight excluding hydrogens is 224 g/mol. The zero-order chi connectivity index (χ0) is 12.4. The third kappa shape index (κ3) is 2.22. The SMILES string of the molecule is O=C1NCCNC1Cc1ccc2ccccc2c1. The zero-order valence-corrected chi connectivity index (χ0v) is 10.1. The highest BCUT2D eigenvalue weighted by molar-refractivity contribution is 5.84. The molecule has 2 aromatic carbocycles. The van der Waals surface area contributed by atoms with Crippen LogP contribution in [0.2, 0.25) is 0 Å². The van der Waals surface area contributed by atoms with E-state index in [0.717, 1.165) is 19.5 Å². The van der Waals surface area contributed by atoms with Crippen molar-refractivity contribution >= 4 is 16.7 Å². The summed E-state index contributed by atoms with van der Waals surface area (Å²) < 4.78 is 0. The Kier molecular flexibility index (Phi) is 2.99. The van der Waals surface area contributed by atoms with E-state index in [2.05, 4.69) is 41.0 Å². The maximum atomic E-state index is 11.7. The number of carbonyl (C=O) groups is 1. The molecule has 92 valence electrons. The second-order valence-electron chi connectivity index (χ2n) is 4.68.